The predicted molar refractivity (Wildman–Crippen MR) is 290 cm³/mol. The number of hydrogen-bond donors (Lipinski definition) is 6. The number of rotatable bonds is 20. The lowest BCUT2D eigenvalue weighted by Crippen LogP contribution is -2.46. The quantitative estimate of drug-likeness (QED) is 0.0183. The molecular formula is C60H71FN6O11. The first kappa shape index (κ1) is 55.7. The Morgan fingerprint density at radius 1 is 0.923 bits per heavy atom. The SMILES string of the molecule is CC[C@@]1(O)C(=O)OCc2c1cc1n(c2=O)Cc2c-1nc1cc(F)c(C)c3c1c2[C@@H](NC(O)CCCNC(=O)[C@H](CCCCNC(=O)OC(C)(C)C)CC(=O)[C@@H](NC(=O)OCC1c2ccccc2-c2ccccc21)C(C)C)CC3. The second-order valence-electron chi connectivity index (χ2n) is 22.5. The Morgan fingerprint density at radius 2 is 1.62 bits per heavy atom. The number of esters is 1. The summed E-state index contributed by atoms with van der Waals surface area (Å²) in [7, 11) is 0. The summed E-state index contributed by atoms with van der Waals surface area (Å²) in [6.07, 6.45) is 0.353. The van der Waals surface area contributed by atoms with Crippen molar-refractivity contribution in [3.63, 3.8) is 0 Å². The molecule has 17 nitrogen and oxygen atoms in total. The number of Topliss-reactive ketones (excluding diaryl/α,β-unsaturated/α-hetero) is 1. The average Bonchev–Trinajstić information content (AvgIpc) is 4.15. The summed E-state index contributed by atoms with van der Waals surface area (Å²) in [5.74, 6) is -3.21. The number of alkyl carbamates (subject to hydrolysis) is 2. The van der Waals surface area contributed by atoms with E-state index in [1.54, 1.807) is 45.3 Å². The largest absolute Gasteiger partial charge is 0.458 e. The molecule has 5 atom stereocenters. The smallest absolute Gasteiger partial charge is 0.407 e. The molecule has 4 heterocycles. The minimum Gasteiger partial charge on any atom is -0.458 e. The van der Waals surface area contributed by atoms with Crippen LogP contribution in [0.4, 0.5) is 14.0 Å². The Hall–Kier alpha value is -7.02. The Labute approximate surface area is 453 Å². The van der Waals surface area contributed by atoms with Gasteiger partial charge >= 0.3 is 18.2 Å². The van der Waals surface area contributed by atoms with E-state index in [4.69, 9.17) is 19.2 Å². The fraction of sp³-hybridized carbons (Fsp3) is 0.483. The van der Waals surface area contributed by atoms with Gasteiger partial charge < -0.3 is 44.9 Å². The van der Waals surface area contributed by atoms with Crippen LogP contribution in [0.25, 0.3) is 33.4 Å². The van der Waals surface area contributed by atoms with Crippen molar-refractivity contribution in [1.82, 2.24) is 30.8 Å². The van der Waals surface area contributed by atoms with Crippen molar-refractivity contribution >= 4 is 40.7 Å². The lowest BCUT2D eigenvalue weighted by molar-refractivity contribution is -0.172. The maximum Gasteiger partial charge on any atom is 0.407 e. The molecule has 0 spiro atoms. The van der Waals surface area contributed by atoms with Crippen LogP contribution in [0.2, 0.25) is 0 Å². The highest BCUT2D eigenvalue weighted by Crippen LogP contribution is 2.47. The number of aliphatic hydroxyl groups excluding tert-OH is 1. The van der Waals surface area contributed by atoms with E-state index in [0.29, 0.717) is 73.1 Å². The van der Waals surface area contributed by atoms with Gasteiger partial charge in [0.2, 0.25) is 5.91 Å². The van der Waals surface area contributed by atoms with Gasteiger partial charge in [0, 0.05) is 60.0 Å². The van der Waals surface area contributed by atoms with Crippen molar-refractivity contribution in [2.75, 3.05) is 19.7 Å². The summed E-state index contributed by atoms with van der Waals surface area (Å²) in [5.41, 5.74) is 5.53. The number of ether oxygens (including phenoxy) is 3. The van der Waals surface area contributed by atoms with Gasteiger partial charge in [0.05, 0.1) is 35.1 Å². The van der Waals surface area contributed by atoms with Crippen LogP contribution < -0.4 is 26.8 Å². The van der Waals surface area contributed by atoms with Crippen LogP contribution in [0, 0.1) is 24.6 Å². The van der Waals surface area contributed by atoms with E-state index in [1.165, 1.54) is 6.07 Å². The number of carbonyl (C=O) groups is 5. The lowest BCUT2D eigenvalue weighted by atomic mass is 9.81. The number of aryl methyl sites for hydroxylation is 1. The summed E-state index contributed by atoms with van der Waals surface area (Å²) < 4.78 is 33.5. The molecule has 2 aromatic heterocycles. The Kier molecular flexibility index (Phi) is 16.3. The molecule has 3 amide bonds. The monoisotopic (exact) mass is 1070 g/mol. The summed E-state index contributed by atoms with van der Waals surface area (Å²) in [6, 6.07) is 17.6. The molecule has 4 aliphatic rings. The van der Waals surface area contributed by atoms with Crippen LogP contribution in [0.15, 0.2) is 65.5 Å². The third-order valence-electron chi connectivity index (χ3n) is 15.8. The number of ketones is 1. The van der Waals surface area contributed by atoms with Crippen LogP contribution >= 0.6 is 0 Å². The second-order valence-corrected chi connectivity index (χ2v) is 22.5. The first-order valence-electron chi connectivity index (χ1n) is 27.3. The highest BCUT2D eigenvalue weighted by molar-refractivity contribution is 5.94. The molecule has 0 radical (unpaired) electrons. The highest BCUT2D eigenvalue weighted by Gasteiger charge is 2.46. The molecule has 5 aromatic rings. The Bertz CT molecular complexity index is 3200. The maximum absolute atomic E-state index is 15.5. The molecule has 0 fully saturated rings. The predicted octanol–water partition coefficient (Wildman–Crippen LogP) is 8.15. The maximum atomic E-state index is 15.5. The number of carbonyl (C=O) groups excluding carboxylic acids is 5. The van der Waals surface area contributed by atoms with Gasteiger partial charge in [-0.25, -0.2) is 23.8 Å². The molecule has 1 unspecified atom stereocenters. The van der Waals surface area contributed by atoms with Gasteiger partial charge in [-0.05, 0) is 124 Å². The van der Waals surface area contributed by atoms with E-state index >= 15 is 4.39 Å². The topological polar surface area (TPSA) is 237 Å². The molecule has 414 valence electrons. The molecule has 0 bridgehead atoms. The molecule has 9 rings (SSSR count). The first-order chi connectivity index (χ1) is 37.2. The van der Waals surface area contributed by atoms with Gasteiger partial charge in [0.1, 0.15) is 30.9 Å². The second kappa shape index (κ2) is 22.8. The van der Waals surface area contributed by atoms with Crippen molar-refractivity contribution in [2.24, 2.45) is 11.8 Å². The minimum absolute atomic E-state index is 0.0206. The van der Waals surface area contributed by atoms with Gasteiger partial charge in [0.15, 0.2) is 11.4 Å². The summed E-state index contributed by atoms with van der Waals surface area (Å²) in [6.45, 7) is 12.7. The van der Waals surface area contributed by atoms with Crippen molar-refractivity contribution in [3.05, 3.63) is 121 Å². The fourth-order valence-electron chi connectivity index (χ4n) is 11.8. The van der Waals surface area contributed by atoms with Crippen molar-refractivity contribution in [2.45, 2.75) is 155 Å². The molecule has 2 aliphatic carbocycles. The zero-order valence-electron chi connectivity index (χ0n) is 45.5. The number of hydrogen-bond acceptors (Lipinski definition) is 13. The van der Waals surface area contributed by atoms with E-state index < -0.39 is 65.0 Å². The van der Waals surface area contributed by atoms with Crippen LogP contribution in [-0.4, -0.2) is 87.2 Å². The van der Waals surface area contributed by atoms with Crippen molar-refractivity contribution in [3.8, 4) is 22.5 Å². The van der Waals surface area contributed by atoms with Crippen LogP contribution in [0.5, 0.6) is 0 Å². The number of aromatic nitrogens is 2. The van der Waals surface area contributed by atoms with Crippen molar-refractivity contribution < 1.29 is 52.8 Å². The lowest BCUT2D eigenvalue weighted by Gasteiger charge is -2.31. The normalized spacial score (nSPS) is 18.2. The van der Waals surface area contributed by atoms with E-state index in [-0.39, 0.29) is 80.2 Å². The van der Waals surface area contributed by atoms with Crippen molar-refractivity contribution in [1.29, 1.82) is 0 Å². The third-order valence-corrected chi connectivity index (χ3v) is 15.8. The van der Waals surface area contributed by atoms with Gasteiger partial charge in [-0.3, -0.25) is 19.7 Å². The number of amides is 3. The number of aliphatic hydroxyl groups is 2. The fourth-order valence-corrected chi connectivity index (χ4v) is 11.8. The number of fused-ring (bicyclic) bond motifs is 8. The number of benzene rings is 3. The number of halogens is 1. The van der Waals surface area contributed by atoms with Gasteiger partial charge in [-0.2, -0.15) is 0 Å². The molecular weight excluding hydrogens is 1000 g/mol. The molecule has 2 aliphatic heterocycles. The zero-order valence-corrected chi connectivity index (χ0v) is 45.5. The highest BCUT2D eigenvalue weighted by atomic mass is 19.1. The Balaban J connectivity index is 0.853. The average molecular weight is 1070 g/mol. The Morgan fingerprint density at radius 3 is 2.29 bits per heavy atom. The zero-order chi connectivity index (χ0) is 55.8. The first-order valence-corrected chi connectivity index (χ1v) is 27.3. The van der Waals surface area contributed by atoms with E-state index in [0.717, 1.165) is 38.8 Å². The van der Waals surface area contributed by atoms with E-state index in [9.17, 15) is 39.0 Å². The van der Waals surface area contributed by atoms with Crippen LogP contribution in [0.3, 0.4) is 0 Å². The third kappa shape index (κ3) is 11.2. The van der Waals surface area contributed by atoms with Gasteiger partial charge in [-0.15, -0.1) is 0 Å². The van der Waals surface area contributed by atoms with Gasteiger partial charge in [0.25, 0.3) is 5.56 Å². The van der Waals surface area contributed by atoms with E-state index in [1.807, 2.05) is 50.2 Å². The van der Waals surface area contributed by atoms with Crippen LogP contribution in [-0.2, 0) is 53.8 Å². The standard InChI is InChI=1S/C60H71FN6O11/c1-8-60(75)43-27-47-53-40(29-67(47)55(71)42(43)31-76-56(60)72)51-45(23-22-35-33(4)44(61)28-46(65-53)50(35)51)64-49(69)21-15-25-62-54(70)34(16-13-14-24-63-57(73)78-59(5,6)7)26-48(68)52(32(2)3)66-58(74)77-30-41-38-19-11-9-17-36(38)37-18-10-12-20-39(37)41/h9-12,17-20,27-28,32,34,41,45,49,52,64,69,75H,8,13-16,21-26,29-31H2,1-7H3,(H,62,70)(H,63,73)(H,66,74)/t34-,45+,49?,52+,60+/m1/s1. The number of nitrogens with one attached hydrogen (secondary N) is 4. The molecule has 78 heavy (non-hydrogen) atoms. The summed E-state index contributed by atoms with van der Waals surface area (Å²) >= 11 is 0. The number of pyridine rings is 2. The molecule has 3 aromatic carbocycles. The van der Waals surface area contributed by atoms with Gasteiger partial charge in [-0.1, -0.05) is 75.7 Å². The molecule has 0 saturated carbocycles. The van der Waals surface area contributed by atoms with E-state index in [2.05, 4.69) is 33.4 Å². The number of nitrogens with zero attached hydrogens (tertiary/aromatic N) is 2. The number of unbranched alkanes of at least 4 members (excludes halogenated alkanes) is 1. The molecule has 18 heteroatoms. The summed E-state index contributed by atoms with van der Waals surface area (Å²) in [4.78, 5) is 85.8. The summed E-state index contributed by atoms with van der Waals surface area (Å²) in [5, 5.41) is 35.7. The molecule has 0 saturated heterocycles. The van der Waals surface area contributed by atoms with Crippen LogP contribution in [0.1, 0.15) is 149 Å². The number of cyclic esters (lactones) is 1. The minimum atomic E-state index is -2.02. The molecule has 6 N–H and O–H groups in total.